The fraction of sp³-hybridized carbons (Fsp3) is 0.133. The van der Waals surface area contributed by atoms with Crippen LogP contribution in [0.2, 0.25) is 10.0 Å². The third kappa shape index (κ3) is 3.49. The summed E-state index contributed by atoms with van der Waals surface area (Å²) in [5.74, 6) is 0.356. The molecule has 0 amide bonds. The molecule has 0 aliphatic carbocycles. The fourth-order valence-corrected chi connectivity index (χ4v) is 2.03. The van der Waals surface area contributed by atoms with Gasteiger partial charge in [0.2, 0.25) is 5.78 Å². The molecule has 2 aromatic carbocycles. The van der Waals surface area contributed by atoms with Crippen LogP contribution >= 0.6 is 23.2 Å². The van der Waals surface area contributed by atoms with Crippen molar-refractivity contribution in [1.82, 2.24) is 0 Å². The smallest absolute Gasteiger partial charge is 0.203 e. The van der Waals surface area contributed by atoms with Crippen molar-refractivity contribution in [2.75, 3.05) is 0 Å². The SMILES string of the molecule is C[C@@H](Oc1ccccc1Cl)C(=O)c1cccc(Cl)c1. The van der Waals surface area contributed by atoms with Gasteiger partial charge in [0.05, 0.1) is 5.02 Å². The van der Waals surface area contributed by atoms with Gasteiger partial charge in [-0.3, -0.25) is 4.79 Å². The number of carbonyl (C=O) groups is 1. The maximum Gasteiger partial charge on any atom is 0.203 e. The molecular weight excluding hydrogens is 283 g/mol. The summed E-state index contributed by atoms with van der Waals surface area (Å²) < 4.78 is 5.58. The standard InChI is InChI=1S/C15H12Cl2O2/c1-10(19-14-8-3-2-7-13(14)17)15(18)11-5-4-6-12(16)9-11/h2-10H,1H3/t10-/m1/s1. The number of ether oxygens (including phenoxy) is 1. The molecule has 0 saturated carbocycles. The Morgan fingerprint density at radius 2 is 1.84 bits per heavy atom. The highest BCUT2D eigenvalue weighted by Gasteiger charge is 2.18. The van der Waals surface area contributed by atoms with Gasteiger partial charge in [-0.2, -0.15) is 0 Å². The third-order valence-corrected chi connectivity index (χ3v) is 3.17. The molecule has 98 valence electrons. The average Bonchev–Trinajstić information content (AvgIpc) is 2.40. The minimum Gasteiger partial charge on any atom is -0.481 e. The number of hydrogen-bond acceptors (Lipinski definition) is 2. The van der Waals surface area contributed by atoms with Crippen molar-refractivity contribution in [3.05, 3.63) is 64.1 Å². The Bertz CT molecular complexity index is 596. The van der Waals surface area contributed by atoms with E-state index in [0.717, 1.165) is 0 Å². The average molecular weight is 295 g/mol. The van der Waals surface area contributed by atoms with E-state index in [1.54, 1.807) is 55.5 Å². The quantitative estimate of drug-likeness (QED) is 0.768. The number of benzene rings is 2. The van der Waals surface area contributed by atoms with Gasteiger partial charge in [-0.25, -0.2) is 0 Å². The fourth-order valence-electron chi connectivity index (χ4n) is 1.66. The first-order chi connectivity index (χ1) is 9.08. The van der Waals surface area contributed by atoms with E-state index < -0.39 is 6.10 Å². The summed E-state index contributed by atoms with van der Waals surface area (Å²) in [5.41, 5.74) is 0.520. The number of carbonyl (C=O) groups excluding carboxylic acids is 1. The zero-order chi connectivity index (χ0) is 13.8. The zero-order valence-corrected chi connectivity index (χ0v) is 11.8. The monoisotopic (exact) mass is 294 g/mol. The first kappa shape index (κ1) is 13.9. The van der Waals surface area contributed by atoms with Crippen molar-refractivity contribution in [3.63, 3.8) is 0 Å². The summed E-state index contributed by atoms with van der Waals surface area (Å²) in [5, 5.41) is 1.00. The largest absolute Gasteiger partial charge is 0.481 e. The van der Waals surface area contributed by atoms with Crippen LogP contribution in [-0.4, -0.2) is 11.9 Å². The number of para-hydroxylation sites is 1. The van der Waals surface area contributed by atoms with Gasteiger partial charge in [0.25, 0.3) is 0 Å². The summed E-state index contributed by atoms with van der Waals surface area (Å²) in [4.78, 5) is 12.2. The van der Waals surface area contributed by atoms with Crippen molar-refractivity contribution in [2.24, 2.45) is 0 Å². The molecule has 0 aromatic heterocycles. The molecule has 0 unspecified atom stereocenters. The molecule has 0 spiro atoms. The van der Waals surface area contributed by atoms with Crippen LogP contribution in [0.3, 0.4) is 0 Å². The van der Waals surface area contributed by atoms with Crippen LogP contribution in [0.25, 0.3) is 0 Å². The van der Waals surface area contributed by atoms with Crippen molar-refractivity contribution in [3.8, 4) is 5.75 Å². The van der Waals surface area contributed by atoms with Gasteiger partial charge in [0, 0.05) is 10.6 Å². The molecule has 2 rings (SSSR count). The van der Waals surface area contributed by atoms with Gasteiger partial charge < -0.3 is 4.74 Å². The molecule has 4 heteroatoms. The molecule has 0 bridgehead atoms. The molecule has 19 heavy (non-hydrogen) atoms. The number of rotatable bonds is 4. The minimum absolute atomic E-state index is 0.137. The van der Waals surface area contributed by atoms with Crippen molar-refractivity contribution in [1.29, 1.82) is 0 Å². The normalized spacial score (nSPS) is 11.9. The van der Waals surface area contributed by atoms with Crippen LogP contribution in [0.5, 0.6) is 5.75 Å². The van der Waals surface area contributed by atoms with E-state index >= 15 is 0 Å². The topological polar surface area (TPSA) is 26.3 Å². The van der Waals surface area contributed by atoms with Crippen molar-refractivity contribution < 1.29 is 9.53 Å². The van der Waals surface area contributed by atoms with Crippen LogP contribution < -0.4 is 4.74 Å². The van der Waals surface area contributed by atoms with E-state index in [4.69, 9.17) is 27.9 Å². The molecule has 0 saturated heterocycles. The number of halogens is 2. The number of hydrogen-bond donors (Lipinski definition) is 0. The van der Waals surface area contributed by atoms with Crippen LogP contribution in [-0.2, 0) is 0 Å². The Morgan fingerprint density at radius 1 is 1.11 bits per heavy atom. The molecule has 0 aliphatic heterocycles. The van der Waals surface area contributed by atoms with Crippen molar-refractivity contribution >= 4 is 29.0 Å². The highest BCUT2D eigenvalue weighted by Crippen LogP contribution is 2.25. The summed E-state index contributed by atoms with van der Waals surface area (Å²) >= 11 is 11.9. The molecule has 0 radical (unpaired) electrons. The Morgan fingerprint density at radius 3 is 2.53 bits per heavy atom. The maximum atomic E-state index is 12.2. The first-order valence-electron chi connectivity index (χ1n) is 5.79. The van der Waals surface area contributed by atoms with E-state index in [1.807, 2.05) is 0 Å². The molecule has 1 atom stereocenters. The lowest BCUT2D eigenvalue weighted by atomic mass is 10.1. The second-order valence-electron chi connectivity index (χ2n) is 4.07. The van der Waals surface area contributed by atoms with Crippen LogP contribution in [0.4, 0.5) is 0 Å². The summed E-state index contributed by atoms with van der Waals surface area (Å²) in [6.07, 6.45) is -0.627. The van der Waals surface area contributed by atoms with E-state index in [2.05, 4.69) is 0 Å². The van der Waals surface area contributed by atoms with Crippen LogP contribution in [0.15, 0.2) is 48.5 Å². The lowest BCUT2D eigenvalue weighted by Gasteiger charge is -2.14. The minimum atomic E-state index is -0.627. The lowest BCUT2D eigenvalue weighted by Crippen LogP contribution is -2.24. The van der Waals surface area contributed by atoms with E-state index in [9.17, 15) is 4.79 Å². The zero-order valence-electron chi connectivity index (χ0n) is 10.3. The van der Waals surface area contributed by atoms with Gasteiger partial charge >= 0.3 is 0 Å². The number of Topliss-reactive ketones (excluding diaryl/α,β-unsaturated/α-hetero) is 1. The van der Waals surface area contributed by atoms with E-state index in [0.29, 0.717) is 21.4 Å². The molecule has 2 aromatic rings. The first-order valence-corrected chi connectivity index (χ1v) is 6.54. The predicted molar refractivity (Wildman–Crippen MR) is 77.3 cm³/mol. The Kier molecular flexibility index (Phi) is 4.46. The molecule has 0 aliphatic rings. The highest BCUT2D eigenvalue weighted by atomic mass is 35.5. The molecule has 0 heterocycles. The van der Waals surface area contributed by atoms with Gasteiger partial charge in [0.15, 0.2) is 6.10 Å². The lowest BCUT2D eigenvalue weighted by molar-refractivity contribution is 0.0818. The van der Waals surface area contributed by atoms with Crippen LogP contribution in [0.1, 0.15) is 17.3 Å². The second kappa shape index (κ2) is 6.09. The van der Waals surface area contributed by atoms with Gasteiger partial charge in [-0.05, 0) is 31.2 Å². The highest BCUT2D eigenvalue weighted by molar-refractivity contribution is 6.32. The number of ketones is 1. The molecule has 2 nitrogen and oxygen atoms in total. The Labute approximate surface area is 121 Å². The van der Waals surface area contributed by atoms with Crippen LogP contribution in [0, 0.1) is 0 Å². The maximum absolute atomic E-state index is 12.2. The molecular formula is C15H12Cl2O2. The predicted octanol–water partition coefficient (Wildman–Crippen LogP) is 4.64. The molecule has 0 N–H and O–H groups in total. The van der Waals surface area contributed by atoms with Gasteiger partial charge in [-0.1, -0.05) is 47.5 Å². The Hall–Kier alpha value is -1.51. The summed E-state index contributed by atoms with van der Waals surface area (Å²) in [7, 11) is 0. The van der Waals surface area contributed by atoms with Crippen molar-refractivity contribution in [2.45, 2.75) is 13.0 Å². The summed E-state index contributed by atoms with van der Waals surface area (Å²) in [6.45, 7) is 1.69. The van der Waals surface area contributed by atoms with E-state index in [-0.39, 0.29) is 5.78 Å². The van der Waals surface area contributed by atoms with Gasteiger partial charge in [-0.15, -0.1) is 0 Å². The summed E-state index contributed by atoms with van der Waals surface area (Å²) in [6, 6.07) is 13.8. The molecule has 0 fully saturated rings. The Balaban J connectivity index is 2.14. The third-order valence-electron chi connectivity index (χ3n) is 2.62. The second-order valence-corrected chi connectivity index (χ2v) is 4.91. The van der Waals surface area contributed by atoms with E-state index in [1.165, 1.54) is 0 Å². The van der Waals surface area contributed by atoms with Gasteiger partial charge in [0.1, 0.15) is 5.75 Å².